The van der Waals surface area contributed by atoms with Crippen LogP contribution >= 0.6 is 0 Å². The molecule has 0 aliphatic rings. The second-order valence-electron chi connectivity index (χ2n) is 5.66. The zero-order valence-electron chi connectivity index (χ0n) is 11.4. The Hall–Kier alpha value is -1.68. The maximum atomic E-state index is 5.75. The molecule has 0 amide bonds. The van der Waals surface area contributed by atoms with Crippen molar-refractivity contribution in [3.05, 3.63) is 35.7 Å². The molecule has 0 radical (unpaired) electrons. The lowest BCUT2D eigenvalue weighted by atomic mass is 9.87. The summed E-state index contributed by atoms with van der Waals surface area (Å²) in [6.07, 6.45) is 0. The summed E-state index contributed by atoms with van der Waals surface area (Å²) in [6, 6.07) is 8.22. The molecule has 0 saturated carbocycles. The highest BCUT2D eigenvalue weighted by atomic mass is 15.2. The molecule has 0 spiro atoms. The van der Waals surface area contributed by atoms with Gasteiger partial charge in [-0.25, -0.2) is 4.98 Å². The van der Waals surface area contributed by atoms with Gasteiger partial charge in [0.05, 0.1) is 6.04 Å². The first kappa shape index (κ1) is 12.8. The molecule has 0 fully saturated rings. The van der Waals surface area contributed by atoms with Crippen molar-refractivity contribution in [3.8, 4) is 11.4 Å². The van der Waals surface area contributed by atoms with Crippen molar-refractivity contribution in [2.75, 3.05) is 0 Å². The number of nitrogens with two attached hydrogens (primary N) is 1. The minimum absolute atomic E-state index is 0.125. The summed E-state index contributed by atoms with van der Waals surface area (Å²) in [5.41, 5.74) is 8.22. The fourth-order valence-electron chi connectivity index (χ4n) is 1.73. The maximum Gasteiger partial charge on any atom is 0.181 e. The van der Waals surface area contributed by atoms with E-state index in [4.69, 9.17) is 5.73 Å². The number of benzene rings is 1. The zero-order chi connectivity index (χ0) is 13.3. The topological polar surface area (TPSA) is 67.6 Å². The van der Waals surface area contributed by atoms with Crippen molar-refractivity contribution < 1.29 is 0 Å². The molecule has 96 valence electrons. The quantitative estimate of drug-likeness (QED) is 0.853. The molecule has 0 saturated heterocycles. The number of rotatable bonds is 2. The van der Waals surface area contributed by atoms with Crippen molar-refractivity contribution in [3.63, 3.8) is 0 Å². The molecule has 18 heavy (non-hydrogen) atoms. The van der Waals surface area contributed by atoms with Gasteiger partial charge in [0, 0.05) is 5.56 Å². The number of nitrogens with zero attached hydrogens (tertiary/aromatic N) is 2. The summed E-state index contributed by atoms with van der Waals surface area (Å²) in [4.78, 5) is 4.38. The van der Waals surface area contributed by atoms with Crippen LogP contribution in [0.3, 0.4) is 0 Å². The number of aromatic amines is 1. The Balaban J connectivity index is 2.29. The van der Waals surface area contributed by atoms with Crippen molar-refractivity contribution in [2.24, 2.45) is 5.73 Å². The van der Waals surface area contributed by atoms with Crippen LogP contribution in [-0.2, 0) is 5.41 Å². The van der Waals surface area contributed by atoms with Gasteiger partial charge >= 0.3 is 0 Å². The van der Waals surface area contributed by atoms with Crippen molar-refractivity contribution in [1.29, 1.82) is 0 Å². The van der Waals surface area contributed by atoms with E-state index >= 15 is 0 Å². The molecule has 0 bridgehead atoms. The predicted octanol–water partition coefficient (Wildman–Crippen LogP) is 2.79. The highest BCUT2D eigenvalue weighted by Crippen LogP contribution is 2.24. The lowest BCUT2D eigenvalue weighted by Gasteiger charge is -2.18. The molecule has 1 aromatic heterocycles. The maximum absolute atomic E-state index is 5.75. The minimum Gasteiger partial charge on any atom is -0.322 e. The van der Waals surface area contributed by atoms with Crippen molar-refractivity contribution in [2.45, 2.75) is 39.2 Å². The molecule has 3 N–H and O–H groups in total. The normalized spacial score (nSPS) is 13.6. The van der Waals surface area contributed by atoms with Crippen LogP contribution in [0.25, 0.3) is 11.4 Å². The summed E-state index contributed by atoms with van der Waals surface area (Å²) in [6.45, 7) is 8.47. The van der Waals surface area contributed by atoms with Crippen molar-refractivity contribution in [1.82, 2.24) is 15.2 Å². The molecular weight excluding hydrogens is 224 g/mol. The minimum atomic E-state index is -0.125. The van der Waals surface area contributed by atoms with E-state index in [2.05, 4.69) is 60.2 Å². The van der Waals surface area contributed by atoms with Gasteiger partial charge in [-0.2, -0.15) is 5.10 Å². The number of nitrogens with one attached hydrogen (secondary N) is 1. The summed E-state index contributed by atoms with van der Waals surface area (Å²) in [5.74, 6) is 1.41. The fourth-order valence-corrected chi connectivity index (χ4v) is 1.73. The van der Waals surface area contributed by atoms with Crippen LogP contribution < -0.4 is 5.73 Å². The van der Waals surface area contributed by atoms with Crippen LogP contribution in [0, 0.1) is 0 Å². The predicted molar refractivity (Wildman–Crippen MR) is 73.1 cm³/mol. The first-order chi connectivity index (χ1) is 8.38. The van der Waals surface area contributed by atoms with E-state index in [9.17, 15) is 0 Å². The van der Waals surface area contributed by atoms with E-state index < -0.39 is 0 Å². The number of H-pyrrole nitrogens is 1. The zero-order valence-corrected chi connectivity index (χ0v) is 11.4. The van der Waals surface area contributed by atoms with Gasteiger partial charge in [-0.05, 0) is 17.9 Å². The van der Waals surface area contributed by atoms with E-state index in [0.717, 1.165) is 5.56 Å². The molecule has 4 nitrogen and oxygen atoms in total. The Bertz CT molecular complexity index is 517. The Morgan fingerprint density at radius 2 is 1.78 bits per heavy atom. The largest absolute Gasteiger partial charge is 0.322 e. The smallest absolute Gasteiger partial charge is 0.181 e. The van der Waals surface area contributed by atoms with Gasteiger partial charge < -0.3 is 5.73 Å². The van der Waals surface area contributed by atoms with Gasteiger partial charge in [0.2, 0.25) is 0 Å². The van der Waals surface area contributed by atoms with E-state index in [1.54, 1.807) is 0 Å². The Labute approximate surface area is 108 Å². The lowest BCUT2D eigenvalue weighted by Crippen LogP contribution is -2.10. The third kappa shape index (κ3) is 2.59. The van der Waals surface area contributed by atoms with E-state index in [0.29, 0.717) is 11.6 Å². The van der Waals surface area contributed by atoms with Crippen LogP contribution in [0.2, 0.25) is 0 Å². The van der Waals surface area contributed by atoms with E-state index in [1.165, 1.54) is 5.56 Å². The summed E-state index contributed by atoms with van der Waals surface area (Å²) in [7, 11) is 0. The third-order valence-corrected chi connectivity index (χ3v) is 2.94. The monoisotopic (exact) mass is 244 g/mol. The number of hydrogen-bond acceptors (Lipinski definition) is 3. The molecule has 1 heterocycles. The van der Waals surface area contributed by atoms with E-state index in [1.807, 2.05) is 6.92 Å². The van der Waals surface area contributed by atoms with Crippen LogP contribution in [0.4, 0.5) is 0 Å². The molecule has 1 unspecified atom stereocenters. The Morgan fingerprint density at radius 1 is 1.17 bits per heavy atom. The Kier molecular flexibility index (Phi) is 3.22. The molecule has 2 rings (SSSR count). The first-order valence-electron chi connectivity index (χ1n) is 6.17. The molecule has 1 aromatic carbocycles. The van der Waals surface area contributed by atoms with Crippen LogP contribution in [0.1, 0.15) is 45.1 Å². The highest BCUT2D eigenvalue weighted by Gasteiger charge is 2.14. The van der Waals surface area contributed by atoms with Gasteiger partial charge in [-0.3, -0.25) is 5.10 Å². The molecular formula is C14H20N4. The third-order valence-electron chi connectivity index (χ3n) is 2.94. The standard InChI is InChI=1S/C14H20N4/c1-9(15)12-16-13(18-17-12)10-5-7-11(8-6-10)14(2,3)4/h5-9H,15H2,1-4H3,(H,16,17,18). The van der Waals surface area contributed by atoms with Crippen LogP contribution in [0.15, 0.2) is 24.3 Å². The van der Waals surface area contributed by atoms with E-state index in [-0.39, 0.29) is 11.5 Å². The second-order valence-corrected chi connectivity index (χ2v) is 5.66. The first-order valence-corrected chi connectivity index (χ1v) is 6.17. The summed E-state index contributed by atoms with van der Waals surface area (Å²) < 4.78 is 0. The van der Waals surface area contributed by atoms with Crippen molar-refractivity contribution >= 4 is 0 Å². The van der Waals surface area contributed by atoms with Crippen LogP contribution in [-0.4, -0.2) is 15.2 Å². The Morgan fingerprint density at radius 3 is 2.22 bits per heavy atom. The summed E-state index contributed by atoms with van der Waals surface area (Å²) >= 11 is 0. The molecule has 0 aliphatic heterocycles. The second kappa shape index (κ2) is 4.53. The highest BCUT2D eigenvalue weighted by molar-refractivity contribution is 5.55. The molecule has 2 aromatic rings. The van der Waals surface area contributed by atoms with Gasteiger partial charge in [0.25, 0.3) is 0 Å². The average Bonchev–Trinajstić information content (AvgIpc) is 2.77. The van der Waals surface area contributed by atoms with Gasteiger partial charge in [-0.1, -0.05) is 45.0 Å². The van der Waals surface area contributed by atoms with Gasteiger partial charge in [0.15, 0.2) is 5.82 Å². The molecule has 0 aliphatic carbocycles. The SMILES string of the molecule is CC(N)c1nc(-c2ccc(C(C)(C)C)cc2)n[nH]1. The lowest BCUT2D eigenvalue weighted by molar-refractivity contribution is 0.590. The molecule has 4 heteroatoms. The summed E-state index contributed by atoms with van der Waals surface area (Å²) in [5, 5.41) is 7.05. The number of aromatic nitrogens is 3. The number of hydrogen-bond donors (Lipinski definition) is 2. The van der Waals surface area contributed by atoms with Crippen LogP contribution in [0.5, 0.6) is 0 Å². The molecule has 1 atom stereocenters. The van der Waals surface area contributed by atoms with Gasteiger partial charge in [0.1, 0.15) is 5.82 Å². The average molecular weight is 244 g/mol. The van der Waals surface area contributed by atoms with Gasteiger partial charge in [-0.15, -0.1) is 0 Å². The fraction of sp³-hybridized carbons (Fsp3) is 0.429.